The molecule has 2 nitrogen and oxygen atoms in total. The minimum Gasteiger partial charge on any atom is -0.390 e. The van der Waals surface area contributed by atoms with Crippen molar-refractivity contribution >= 4 is 11.3 Å². The fourth-order valence-corrected chi connectivity index (χ4v) is 1.98. The Morgan fingerprint density at radius 2 is 2.31 bits per heavy atom. The van der Waals surface area contributed by atoms with Gasteiger partial charge in [0.1, 0.15) is 12.6 Å². The van der Waals surface area contributed by atoms with Gasteiger partial charge < -0.3 is 10.8 Å². The quantitative estimate of drug-likeness (QED) is 0.792. The van der Waals surface area contributed by atoms with Gasteiger partial charge in [-0.1, -0.05) is 0 Å². The number of aryl methyl sites for hydroxylation is 1. The standard InChI is InChI=1S/C8H11F2NOS/c1-5-2-3-13-6(5)7(11)8(9,10)4-12/h2-3,7,12H,4,11H2,1H3/t7-/m1/s1. The average molecular weight is 207 g/mol. The number of rotatable bonds is 3. The van der Waals surface area contributed by atoms with E-state index in [1.807, 2.05) is 0 Å². The summed E-state index contributed by atoms with van der Waals surface area (Å²) in [4.78, 5) is 0.430. The van der Waals surface area contributed by atoms with Gasteiger partial charge in [-0.05, 0) is 23.9 Å². The van der Waals surface area contributed by atoms with Gasteiger partial charge in [-0.3, -0.25) is 0 Å². The van der Waals surface area contributed by atoms with Gasteiger partial charge in [0.2, 0.25) is 0 Å². The average Bonchev–Trinajstić information content (AvgIpc) is 2.50. The lowest BCUT2D eigenvalue weighted by molar-refractivity contribution is -0.0704. The molecule has 0 unspecified atom stereocenters. The zero-order valence-electron chi connectivity index (χ0n) is 7.13. The van der Waals surface area contributed by atoms with Gasteiger partial charge in [-0.25, -0.2) is 8.78 Å². The molecule has 0 saturated heterocycles. The lowest BCUT2D eigenvalue weighted by atomic mass is 10.1. The summed E-state index contributed by atoms with van der Waals surface area (Å²) in [7, 11) is 0. The maximum Gasteiger partial charge on any atom is 0.290 e. The number of aliphatic hydroxyl groups excluding tert-OH is 1. The van der Waals surface area contributed by atoms with Gasteiger partial charge in [0.15, 0.2) is 0 Å². The van der Waals surface area contributed by atoms with Gasteiger partial charge >= 0.3 is 0 Å². The van der Waals surface area contributed by atoms with Crippen LogP contribution in [-0.2, 0) is 0 Å². The molecule has 1 aromatic rings. The van der Waals surface area contributed by atoms with E-state index in [-0.39, 0.29) is 0 Å². The molecular weight excluding hydrogens is 196 g/mol. The second-order valence-corrected chi connectivity index (χ2v) is 3.81. The minimum atomic E-state index is -3.24. The number of hydrogen-bond acceptors (Lipinski definition) is 3. The molecule has 3 N–H and O–H groups in total. The Hall–Kier alpha value is -0.520. The summed E-state index contributed by atoms with van der Waals surface area (Å²) in [6, 6.07) is 0.324. The first-order chi connectivity index (χ1) is 5.99. The van der Waals surface area contributed by atoms with Crippen molar-refractivity contribution in [2.45, 2.75) is 18.9 Å². The van der Waals surface area contributed by atoms with Crippen molar-refractivity contribution in [3.8, 4) is 0 Å². The maximum absolute atomic E-state index is 12.9. The van der Waals surface area contributed by atoms with Gasteiger partial charge in [0.05, 0.1) is 0 Å². The first-order valence-electron chi connectivity index (χ1n) is 3.77. The highest BCUT2D eigenvalue weighted by Gasteiger charge is 2.38. The number of hydrogen-bond donors (Lipinski definition) is 2. The third kappa shape index (κ3) is 2.04. The summed E-state index contributed by atoms with van der Waals surface area (Å²) < 4.78 is 25.8. The molecule has 1 atom stereocenters. The number of alkyl halides is 2. The molecule has 0 fully saturated rings. The van der Waals surface area contributed by atoms with Gasteiger partial charge in [-0.2, -0.15) is 0 Å². The van der Waals surface area contributed by atoms with Crippen LogP contribution in [0.2, 0.25) is 0 Å². The van der Waals surface area contributed by atoms with Gasteiger partial charge in [-0.15, -0.1) is 11.3 Å². The molecule has 1 rings (SSSR count). The second-order valence-electron chi connectivity index (χ2n) is 2.86. The summed E-state index contributed by atoms with van der Waals surface area (Å²) in [6.45, 7) is 0.505. The SMILES string of the molecule is Cc1ccsc1[C@@H](N)C(F)(F)CO. The number of thiophene rings is 1. The van der Waals surface area contributed by atoms with Crippen molar-refractivity contribution in [2.24, 2.45) is 5.73 Å². The fraction of sp³-hybridized carbons (Fsp3) is 0.500. The Balaban J connectivity index is 2.91. The highest BCUT2D eigenvalue weighted by atomic mass is 32.1. The largest absolute Gasteiger partial charge is 0.390 e. The number of aliphatic hydroxyl groups is 1. The fourth-order valence-electron chi connectivity index (χ4n) is 0.993. The van der Waals surface area contributed by atoms with Crippen molar-refractivity contribution in [3.63, 3.8) is 0 Å². The monoisotopic (exact) mass is 207 g/mol. The lowest BCUT2D eigenvalue weighted by Gasteiger charge is -2.20. The molecule has 0 radical (unpaired) electrons. The van der Waals surface area contributed by atoms with Crippen LogP contribution in [0.1, 0.15) is 16.5 Å². The summed E-state index contributed by atoms with van der Waals surface area (Å²) in [5.41, 5.74) is 6.07. The Labute approximate surface area is 79.0 Å². The van der Waals surface area contributed by atoms with Crippen molar-refractivity contribution in [2.75, 3.05) is 6.61 Å². The molecular formula is C8H11F2NOS. The summed E-state index contributed by atoms with van der Waals surface area (Å²) in [5, 5.41) is 10.1. The Morgan fingerprint density at radius 1 is 1.69 bits per heavy atom. The molecule has 1 aromatic heterocycles. The molecule has 13 heavy (non-hydrogen) atoms. The first kappa shape index (κ1) is 10.6. The molecule has 0 aliphatic heterocycles. The highest BCUT2D eigenvalue weighted by Crippen LogP contribution is 2.33. The molecule has 5 heteroatoms. The van der Waals surface area contributed by atoms with Crippen LogP contribution >= 0.6 is 11.3 Å². The van der Waals surface area contributed by atoms with Crippen molar-refractivity contribution in [1.82, 2.24) is 0 Å². The third-order valence-electron chi connectivity index (χ3n) is 1.85. The smallest absolute Gasteiger partial charge is 0.290 e. The number of halogens is 2. The summed E-state index contributed by atoms with van der Waals surface area (Å²) in [6.07, 6.45) is 0. The Kier molecular flexibility index (Phi) is 3.00. The zero-order chi connectivity index (χ0) is 10.1. The molecule has 0 spiro atoms. The van der Waals surface area contributed by atoms with E-state index in [0.717, 1.165) is 5.56 Å². The van der Waals surface area contributed by atoms with E-state index in [1.165, 1.54) is 11.3 Å². The van der Waals surface area contributed by atoms with Gasteiger partial charge in [0.25, 0.3) is 5.92 Å². The van der Waals surface area contributed by atoms with E-state index in [9.17, 15) is 8.78 Å². The van der Waals surface area contributed by atoms with E-state index in [0.29, 0.717) is 4.88 Å². The van der Waals surface area contributed by atoms with E-state index in [2.05, 4.69) is 0 Å². The molecule has 0 aromatic carbocycles. The van der Waals surface area contributed by atoms with Crippen LogP contribution in [0.5, 0.6) is 0 Å². The van der Waals surface area contributed by atoms with Crippen LogP contribution in [0, 0.1) is 6.92 Å². The van der Waals surface area contributed by atoms with Crippen LogP contribution < -0.4 is 5.73 Å². The molecule has 1 heterocycles. The van der Waals surface area contributed by atoms with Crippen LogP contribution in [0.3, 0.4) is 0 Å². The summed E-state index contributed by atoms with van der Waals surface area (Å²) in [5.74, 6) is -3.24. The first-order valence-corrected chi connectivity index (χ1v) is 4.65. The summed E-state index contributed by atoms with van der Waals surface area (Å²) >= 11 is 1.18. The lowest BCUT2D eigenvalue weighted by Crippen LogP contribution is -2.36. The third-order valence-corrected chi connectivity index (χ3v) is 2.95. The van der Waals surface area contributed by atoms with Crippen molar-refractivity contribution in [1.29, 1.82) is 0 Å². The van der Waals surface area contributed by atoms with Crippen LogP contribution in [0.15, 0.2) is 11.4 Å². The number of nitrogens with two attached hydrogens (primary N) is 1. The predicted octanol–water partition coefficient (Wildman–Crippen LogP) is 1.68. The molecule has 74 valence electrons. The molecule has 0 bridgehead atoms. The topological polar surface area (TPSA) is 46.2 Å². The zero-order valence-corrected chi connectivity index (χ0v) is 7.94. The van der Waals surface area contributed by atoms with Crippen LogP contribution in [-0.4, -0.2) is 17.6 Å². The Bertz CT molecular complexity index is 287. The van der Waals surface area contributed by atoms with E-state index in [4.69, 9.17) is 10.8 Å². The normalized spacial score (nSPS) is 14.5. The van der Waals surface area contributed by atoms with Gasteiger partial charge in [0, 0.05) is 4.88 Å². The molecule has 0 amide bonds. The molecule has 0 saturated carbocycles. The van der Waals surface area contributed by atoms with Crippen LogP contribution in [0.4, 0.5) is 8.78 Å². The molecule has 0 aliphatic carbocycles. The van der Waals surface area contributed by atoms with E-state index in [1.54, 1.807) is 18.4 Å². The highest BCUT2D eigenvalue weighted by molar-refractivity contribution is 7.10. The second kappa shape index (κ2) is 3.69. The van der Waals surface area contributed by atoms with Crippen LogP contribution in [0.25, 0.3) is 0 Å². The minimum absolute atomic E-state index is 0.430. The maximum atomic E-state index is 12.9. The van der Waals surface area contributed by atoms with Crippen molar-refractivity contribution in [3.05, 3.63) is 21.9 Å². The predicted molar refractivity (Wildman–Crippen MR) is 48.0 cm³/mol. The Morgan fingerprint density at radius 3 is 2.69 bits per heavy atom. The molecule has 0 aliphatic rings. The van der Waals surface area contributed by atoms with E-state index < -0.39 is 18.6 Å². The van der Waals surface area contributed by atoms with Crippen molar-refractivity contribution < 1.29 is 13.9 Å². The van der Waals surface area contributed by atoms with E-state index >= 15 is 0 Å².